The monoisotopic (exact) mass is 1140 g/mol. The van der Waals surface area contributed by atoms with E-state index in [0.29, 0.717) is 17.4 Å². The predicted molar refractivity (Wildman–Crippen MR) is 343 cm³/mol. The van der Waals surface area contributed by atoms with Gasteiger partial charge in [0, 0.05) is 12.8 Å². The van der Waals surface area contributed by atoms with Crippen LogP contribution in [0, 0.1) is 0 Å². The number of likely N-dealkylation sites (N-methyl/N-ethyl adjacent to an activating group) is 1. The minimum Gasteiger partial charge on any atom is -0.545 e. The maximum absolute atomic E-state index is 12.9. The molecule has 9 nitrogen and oxygen atoms in total. The molecule has 476 valence electrons. The largest absolute Gasteiger partial charge is 0.545 e. The van der Waals surface area contributed by atoms with E-state index >= 15 is 0 Å². The van der Waals surface area contributed by atoms with Crippen molar-refractivity contribution in [2.75, 3.05) is 47.5 Å². The third-order valence-corrected chi connectivity index (χ3v) is 15.9. The summed E-state index contributed by atoms with van der Waals surface area (Å²) in [5.41, 5.74) is 0. The number of carboxylic acids is 1. The summed E-state index contributed by atoms with van der Waals surface area (Å²) in [4.78, 5) is 37.5. The first-order chi connectivity index (χ1) is 39.6. The number of allylic oxidation sites excluding steroid dienone is 6. The second kappa shape index (κ2) is 63.5. The van der Waals surface area contributed by atoms with Crippen LogP contribution in [0.25, 0.3) is 0 Å². The van der Waals surface area contributed by atoms with Crippen LogP contribution in [0.4, 0.5) is 0 Å². The van der Waals surface area contributed by atoms with Gasteiger partial charge in [-0.05, 0) is 70.6 Å². The zero-order chi connectivity index (χ0) is 59.1. The fraction of sp³-hybridized carbons (Fsp3) is 0.875. The van der Waals surface area contributed by atoms with Crippen molar-refractivity contribution in [3.63, 3.8) is 0 Å². The Morgan fingerprint density at radius 3 is 0.988 bits per heavy atom. The molecule has 0 aromatic carbocycles. The summed E-state index contributed by atoms with van der Waals surface area (Å²) < 4.78 is 22.8. The molecule has 0 fully saturated rings. The summed E-state index contributed by atoms with van der Waals surface area (Å²) >= 11 is 0. The molecule has 0 rings (SSSR count). The molecule has 0 aliphatic rings. The van der Waals surface area contributed by atoms with Crippen molar-refractivity contribution in [3.05, 3.63) is 36.5 Å². The van der Waals surface area contributed by atoms with E-state index in [9.17, 15) is 19.5 Å². The third kappa shape index (κ3) is 64.9. The molecular weight excluding hydrogens is 1010 g/mol. The number of esters is 2. The van der Waals surface area contributed by atoms with Crippen LogP contribution in [-0.2, 0) is 33.3 Å². The lowest BCUT2D eigenvalue weighted by atomic mass is 10.0. The van der Waals surface area contributed by atoms with Gasteiger partial charge in [0.05, 0.1) is 40.3 Å². The first-order valence-corrected chi connectivity index (χ1v) is 35.1. The standard InChI is InChI=1S/C72H135NO8/c1-6-8-10-12-14-16-18-20-22-24-26-28-30-31-32-33-34-35-36-37-38-39-41-43-45-47-49-51-53-55-57-59-61-63-70(75)81-68(67-80-72(71(76)77)78-65-64-73(3,4)5)66-79-69(74)62-60-58-56-54-52-50-48-46-44-42-40-29-27-25-23-21-19-17-15-13-11-9-7-2/h18,20,24-27,68,72H,6-17,19,21-23,28-67H2,1-5H3/b20-18-,26-24-,27-25-. The van der Waals surface area contributed by atoms with Crippen LogP contribution in [-0.4, -0.2) is 82.3 Å². The van der Waals surface area contributed by atoms with Crippen LogP contribution in [0.15, 0.2) is 36.5 Å². The molecule has 0 aliphatic carbocycles. The molecule has 0 amide bonds. The number of hydrogen-bond donors (Lipinski definition) is 0. The van der Waals surface area contributed by atoms with Gasteiger partial charge in [-0.15, -0.1) is 0 Å². The quantitative estimate of drug-likeness (QED) is 0.0195. The Balaban J connectivity index is 4.05. The normalized spacial score (nSPS) is 12.9. The minimum absolute atomic E-state index is 0.150. The fourth-order valence-electron chi connectivity index (χ4n) is 10.4. The van der Waals surface area contributed by atoms with E-state index in [1.165, 1.54) is 276 Å². The zero-order valence-electron chi connectivity index (χ0n) is 54.4. The van der Waals surface area contributed by atoms with Gasteiger partial charge in [0.25, 0.3) is 0 Å². The molecule has 0 aliphatic heterocycles. The summed E-state index contributed by atoms with van der Waals surface area (Å²) in [5, 5.41) is 11.8. The minimum atomic E-state index is -1.62. The van der Waals surface area contributed by atoms with Gasteiger partial charge >= 0.3 is 11.9 Å². The van der Waals surface area contributed by atoms with E-state index in [-0.39, 0.29) is 32.2 Å². The zero-order valence-corrected chi connectivity index (χ0v) is 54.4. The Morgan fingerprint density at radius 1 is 0.370 bits per heavy atom. The first kappa shape index (κ1) is 78.5. The van der Waals surface area contributed by atoms with Gasteiger partial charge in [-0.25, -0.2) is 0 Å². The molecule has 0 aromatic rings. The number of carboxylic acid groups (broad SMARTS) is 1. The molecular formula is C72H135NO8. The lowest BCUT2D eigenvalue weighted by Gasteiger charge is -2.26. The maximum atomic E-state index is 12.9. The molecule has 0 spiro atoms. The average Bonchev–Trinajstić information content (AvgIpc) is 3.44. The Morgan fingerprint density at radius 2 is 0.667 bits per heavy atom. The second-order valence-electron chi connectivity index (χ2n) is 25.2. The van der Waals surface area contributed by atoms with Gasteiger partial charge in [0.1, 0.15) is 13.2 Å². The van der Waals surface area contributed by atoms with Crippen molar-refractivity contribution in [1.82, 2.24) is 0 Å². The first-order valence-electron chi connectivity index (χ1n) is 35.1. The van der Waals surface area contributed by atoms with Gasteiger partial charge in [-0.1, -0.05) is 301 Å². The summed E-state index contributed by atoms with van der Waals surface area (Å²) in [6.07, 6.45) is 76.6. The topological polar surface area (TPSA) is 111 Å². The van der Waals surface area contributed by atoms with E-state index in [2.05, 4.69) is 50.3 Å². The number of ether oxygens (including phenoxy) is 4. The lowest BCUT2D eigenvalue weighted by Crippen LogP contribution is -2.44. The molecule has 0 heterocycles. The molecule has 0 radical (unpaired) electrons. The van der Waals surface area contributed by atoms with E-state index in [4.69, 9.17) is 18.9 Å². The Labute approximate surface area is 502 Å². The predicted octanol–water partition coefficient (Wildman–Crippen LogP) is 20.3. The van der Waals surface area contributed by atoms with Crippen LogP contribution in [0.5, 0.6) is 0 Å². The van der Waals surface area contributed by atoms with E-state index in [1.807, 2.05) is 21.1 Å². The Kier molecular flexibility index (Phi) is 61.6. The number of rotatable bonds is 66. The number of unbranched alkanes of at least 4 members (excludes halogenated alkanes) is 45. The van der Waals surface area contributed by atoms with Crippen LogP contribution < -0.4 is 5.11 Å². The van der Waals surface area contributed by atoms with Crippen molar-refractivity contribution < 1.29 is 42.9 Å². The molecule has 0 saturated heterocycles. The molecule has 9 heteroatoms. The van der Waals surface area contributed by atoms with Gasteiger partial charge in [0.2, 0.25) is 0 Å². The van der Waals surface area contributed by atoms with Crippen molar-refractivity contribution in [2.45, 2.75) is 360 Å². The highest BCUT2D eigenvalue weighted by atomic mass is 16.7. The summed E-state index contributed by atoms with van der Waals surface area (Å²) in [6.45, 7) is 4.80. The molecule has 0 aromatic heterocycles. The highest BCUT2D eigenvalue weighted by molar-refractivity contribution is 5.70. The third-order valence-electron chi connectivity index (χ3n) is 15.9. The van der Waals surface area contributed by atoms with Crippen LogP contribution >= 0.6 is 0 Å². The van der Waals surface area contributed by atoms with E-state index in [0.717, 1.165) is 44.9 Å². The SMILES string of the molecule is CCCCCCC/C=C\C/C=C\CCCCCCCCCCCCCCCCCCCCCCCC(=O)OC(COC(=O)CCCCCCCCCCCCC/C=C\CCCCCCCCCC)COC(OCC[N+](C)(C)C)C(=O)[O-]. The average molecular weight is 1140 g/mol. The van der Waals surface area contributed by atoms with Gasteiger partial charge < -0.3 is 33.3 Å². The number of carbonyl (C=O) groups is 3. The molecule has 81 heavy (non-hydrogen) atoms. The number of quaternary nitrogens is 1. The molecule has 2 unspecified atom stereocenters. The van der Waals surface area contributed by atoms with Crippen molar-refractivity contribution in [1.29, 1.82) is 0 Å². The van der Waals surface area contributed by atoms with Gasteiger partial charge in [-0.2, -0.15) is 0 Å². The van der Waals surface area contributed by atoms with Crippen LogP contribution in [0.2, 0.25) is 0 Å². The Hall–Kier alpha value is -2.49. The number of hydrogen-bond acceptors (Lipinski definition) is 8. The van der Waals surface area contributed by atoms with Crippen molar-refractivity contribution in [3.8, 4) is 0 Å². The van der Waals surface area contributed by atoms with Crippen molar-refractivity contribution >= 4 is 17.9 Å². The molecule has 0 saturated carbocycles. The molecule has 0 N–H and O–H groups in total. The molecule has 2 atom stereocenters. The van der Waals surface area contributed by atoms with Gasteiger partial charge in [-0.3, -0.25) is 9.59 Å². The summed E-state index contributed by atoms with van der Waals surface area (Å²) in [5.74, 6) is -2.26. The van der Waals surface area contributed by atoms with Crippen molar-refractivity contribution in [2.24, 2.45) is 0 Å². The lowest BCUT2D eigenvalue weighted by molar-refractivity contribution is -0.870. The number of nitrogens with zero attached hydrogens (tertiary/aromatic N) is 1. The number of aliphatic carboxylic acids is 1. The second-order valence-corrected chi connectivity index (χ2v) is 25.2. The highest BCUT2D eigenvalue weighted by Crippen LogP contribution is 2.18. The van der Waals surface area contributed by atoms with E-state index in [1.54, 1.807) is 0 Å². The van der Waals surface area contributed by atoms with Crippen LogP contribution in [0.3, 0.4) is 0 Å². The van der Waals surface area contributed by atoms with E-state index < -0.39 is 24.3 Å². The molecule has 0 bridgehead atoms. The fourth-order valence-corrected chi connectivity index (χ4v) is 10.4. The summed E-state index contributed by atoms with van der Waals surface area (Å²) in [6, 6.07) is 0. The summed E-state index contributed by atoms with van der Waals surface area (Å²) in [7, 11) is 5.94. The Bertz CT molecular complexity index is 1420. The number of carbonyl (C=O) groups excluding carboxylic acids is 3. The smallest absolute Gasteiger partial charge is 0.306 e. The maximum Gasteiger partial charge on any atom is 0.306 e. The van der Waals surface area contributed by atoms with Gasteiger partial charge in [0.15, 0.2) is 12.4 Å². The van der Waals surface area contributed by atoms with Crippen LogP contribution in [0.1, 0.15) is 348 Å². The highest BCUT2D eigenvalue weighted by Gasteiger charge is 2.22.